The van der Waals surface area contributed by atoms with Crippen LogP contribution in [-0.4, -0.2) is 52.1 Å². The lowest BCUT2D eigenvalue weighted by molar-refractivity contribution is -0.157. The van der Waals surface area contributed by atoms with Gasteiger partial charge in [0.15, 0.2) is 0 Å². The highest BCUT2D eigenvalue weighted by molar-refractivity contribution is 6.35. The smallest absolute Gasteiger partial charge is 0.312 e. The van der Waals surface area contributed by atoms with E-state index in [2.05, 4.69) is 10.3 Å². The average molecular weight is 415 g/mol. The van der Waals surface area contributed by atoms with E-state index in [9.17, 15) is 14.4 Å². The number of carbonyl (C=O) groups excluding carboxylic acids is 3. The molecule has 1 atom stereocenters. The van der Waals surface area contributed by atoms with Gasteiger partial charge < -0.3 is 15.1 Å². The number of pyridine rings is 1. The van der Waals surface area contributed by atoms with Crippen LogP contribution in [0.5, 0.6) is 0 Å². The molecule has 0 spiro atoms. The van der Waals surface area contributed by atoms with Crippen molar-refractivity contribution >= 4 is 29.3 Å². The van der Waals surface area contributed by atoms with E-state index in [1.54, 1.807) is 25.3 Å². The minimum atomic E-state index is -0.585. The van der Waals surface area contributed by atoms with Crippen molar-refractivity contribution in [2.75, 3.05) is 19.6 Å². The number of nitrogens with one attached hydrogen (secondary N) is 1. The zero-order valence-corrected chi connectivity index (χ0v) is 16.9. The standard InChI is InChI=1S/C21H23ClN4O3/c1-15(19(27)24-12-16-6-2-3-8-18(16)22)13-25-10-11-26(21(29)20(25)28)14-17-7-4-5-9-23-17/h2-9,15H,10-14H2,1H3,(H,24,27). The van der Waals surface area contributed by atoms with Crippen LogP contribution in [-0.2, 0) is 27.5 Å². The third kappa shape index (κ3) is 5.32. The number of nitrogens with zero attached hydrogens (tertiary/aromatic N) is 3. The number of aromatic nitrogens is 1. The van der Waals surface area contributed by atoms with Crippen molar-refractivity contribution in [2.45, 2.75) is 20.0 Å². The van der Waals surface area contributed by atoms with E-state index in [1.165, 1.54) is 9.80 Å². The summed E-state index contributed by atoms with van der Waals surface area (Å²) in [6.45, 7) is 3.34. The van der Waals surface area contributed by atoms with E-state index >= 15 is 0 Å². The van der Waals surface area contributed by atoms with Crippen LogP contribution in [0.3, 0.4) is 0 Å². The van der Waals surface area contributed by atoms with Crippen molar-refractivity contribution in [3.05, 3.63) is 64.9 Å². The topological polar surface area (TPSA) is 82.6 Å². The molecular formula is C21H23ClN4O3. The molecule has 1 aromatic carbocycles. The first-order valence-electron chi connectivity index (χ1n) is 9.45. The Bertz CT molecular complexity index is 891. The summed E-state index contributed by atoms with van der Waals surface area (Å²) in [4.78, 5) is 44.4. The molecule has 7 nitrogen and oxygen atoms in total. The molecule has 1 aliphatic rings. The SMILES string of the molecule is CC(CN1CCN(Cc2ccccn2)C(=O)C1=O)C(=O)NCc1ccccc1Cl. The quantitative estimate of drug-likeness (QED) is 0.701. The van der Waals surface area contributed by atoms with Crippen LogP contribution in [0.1, 0.15) is 18.2 Å². The number of piperazine rings is 1. The van der Waals surface area contributed by atoms with Gasteiger partial charge in [-0.3, -0.25) is 19.4 Å². The van der Waals surface area contributed by atoms with E-state index in [0.717, 1.165) is 11.3 Å². The molecule has 3 amide bonds. The van der Waals surface area contributed by atoms with Gasteiger partial charge in [-0.1, -0.05) is 42.8 Å². The highest BCUT2D eigenvalue weighted by Gasteiger charge is 2.34. The predicted octanol–water partition coefficient (Wildman–Crippen LogP) is 1.86. The lowest BCUT2D eigenvalue weighted by atomic mass is 10.1. The average Bonchev–Trinajstić information content (AvgIpc) is 2.73. The second-order valence-corrected chi connectivity index (χ2v) is 7.42. The fourth-order valence-electron chi connectivity index (χ4n) is 3.14. The van der Waals surface area contributed by atoms with Crippen LogP contribution in [0.2, 0.25) is 5.02 Å². The minimum Gasteiger partial charge on any atom is -0.352 e. The summed E-state index contributed by atoms with van der Waals surface area (Å²) in [6.07, 6.45) is 1.65. The van der Waals surface area contributed by atoms with Crippen LogP contribution in [0, 0.1) is 5.92 Å². The molecule has 1 fully saturated rings. The minimum absolute atomic E-state index is 0.191. The highest BCUT2D eigenvalue weighted by atomic mass is 35.5. The largest absolute Gasteiger partial charge is 0.352 e. The van der Waals surface area contributed by atoms with Crippen molar-refractivity contribution < 1.29 is 14.4 Å². The van der Waals surface area contributed by atoms with Gasteiger partial charge in [-0.2, -0.15) is 0 Å². The van der Waals surface area contributed by atoms with Crippen molar-refractivity contribution in [1.82, 2.24) is 20.1 Å². The first kappa shape index (κ1) is 20.8. The molecule has 2 heterocycles. The Morgan fingerprint density at radius 2 is 1.79 bits per heavy atom. The molecule has 1 unspecified atom stereocenters. The van der Waals surface area contributed by atoms with Gasteiger partial charge in [0.2, 0.25) is 5.91 Å². The van der Waals surface area contributed by atoms with Gasteiger partial charge in [-0.15, -0.1) is 0 Å². The van der Waals surface area contributed by atoms with Crippen LogP contribution in [0.4, 0.5) is 0 Å². The van der Waals surface area contributed by atoms with Crippen molar-refractivity contribution in [3.8, 4) is 0 Å². The summed E-state index contributed by atoms with van der Waals surface area (Å²) in [5.41, 5.74) is 1.55. The lowest BCUT2D eigenvalue weighted by Gasteiger charge is -2.34. The number of carbonyl (C=O) groups is 3. The summed E-state index contributed by atoms with van der Waals surface area (Å²) in [5.74, 6) is -1.79. The molecule has 3 rings (SSSR count). The van der Waals surface area contributed by atoms with Gasteiger partial charge in [0, 0.05) is 37.4 Å². The van der Waals surface area contributed by atoms with Crippen molar-refractivity contribution in [3.63, 3.8) is 0 Å². The fraction of sp³-hybridized carbons (Fsp3) is 0.333. The van der Waals surface area contributed by atoms with E-state index in [0.29, 0.717) is 31.2 Å². The number of hydrogen-bond donors (Lipinski definition) is 1. The Kier molecular flexibility index (Phi) is 6.82. The van der Waals surface area contributed by atoms with E-state index in [1.807, 2.05) is 30.3 Å². The molecule has 8 heteroatoms. The number of amides is 3. The van der Waals surface area contributed by atoms with E-state index < -0.39 is 17.7 Å². The molecule has 152 valence electrons. The molecule has 0 saturated carbocycles. The molecule has 29 heavy (non-hydrogen) atoms. The summed E-state index contributed by atoms with van der Waals surface area (Å²) < 4.78 is 0. The lowest BCUT2D eigenvalue weighted by Crippen LogP contribution is -2.55. The summed E-state index contributed by atoms with van der Waals surface area (Å²) in [5, 5.41) is 3.42. The molecule has 1 aromatic heterocycles. The summed E-state index contributed by atoms with van der Waals surface area (Å²) >= 11 is 6.10. The van der Waals surface area contributed by atoms with E-state index in [4.69, 9.17) is 11.6 Å². The van der Waals surface area contributed by atoms with Crippen LogP contribution in [0.15, 0.2) is 48.7 Å². The Morgan fingerprint density at radius 1 is 1.10 bits per heavy atom. The predicted molar refractivity (Wildman–Crippen MR) is 109 cm³/mol. The van der Waals surface area contributed by atoms with Crippen LogP contribution < -0.4 is 5.32 Å². The Labute approximate surface area is 174 Å². The first-order valence-corrected chi connectivity index (χ1v) is 9.82. The van der Waals surface area contributed by atoms with Crippen LogP contribution in [0.25, 0.3) is 0 Å². The maximum atomic E-state index is 12.5. The van der Waals surface area contributed by atoms with Gasteiger partial charge in [-0.05, 0) is 23.8 Å². The Morgan fingerprint density at radius 3 is 2.52 bits per heavy atom. The number of hydrogen-bond acceptors (Lipinski definition) is 4. The molecular weight excluding hydrogens is 392 g/mol. The highest BCUT2D eigenvalue weighted by Crippen LogP contribution is 2.15. The summed E-state index contributed by atoms with van der Waals surface area (Å²) in [6, 6.07) is 12.7. The monoisotopic (exact) mass is 414 g/mol. The zero-order valence-electron chi connectivity index (χ0n) is 16.2. The number of halogens is 1. The van der Waals surface area contributed by atoms with Gasteiger partial charge in [0.25, 0.3) is 0 Å². The molecule has 2 aromatic rings. The molecule has 0 aliphatic carbocycles. The van der Waals surface area contributed by atoms with Gasteiger partial charge >= 0.3 is 11.8 Å². The third-order valence-electron chi connectivity index (χ3n) is 4.83. The summed E-state index contributed by atoms with van der Waals surface area (Å²) in [7, 11) is 0. The normalized spacial score (nSPS) is 15.4. The first-order chi connectivity index (χ1) is 14.0. The van der Waals surface area contributed by atoms with Gasteiger partial charge in [-0.25, -0.2) is 0 Å². The van der Waals surface area contributed by atoms with E-state index in [-0.39, 0.29) is 12.5 Å². The van der Waals surface area contributed by atoms with Gasteiger partial charge in [0.1, 0.15) is 0 Å². The molecule has 1 saturated heterocycles. The molecule has 0 radical (unpaired) electrons. The Hall–Kier alpha value is -2.93. The van der Waals surface area contributed by atoms with Crippen molar-refractivity contribution in [1.29, 1.82) is 0 Å². The van der Waals surface area contributed by atoms with Crippen molar-refractivity contribution in [2.24, 2.45) is 5.92 Å². The molecule has 0 bridgehead atoms. The second-order valence-electron chi connectivity index (χ2n) is 7.01. The number of benzene rings is 1. The van der Waals surface area contributed by atoms with Gasteiger partial charge in [0.05, 0.1) is 18.2 Å². The third-order valence-corrected chi connectivity index (χ3v) is 5.20. The van der Waals surface area contributed by atoms with Crippen LogP contribution >= 0.6 is 11.6 Å². The maximum absolute atomic E-state index is 12.5. The zero-order chi connectivity index (χ0) is 20.8. The Balaban J connectivity index is 1.51. The second kappa shape index (κ2) is 9.52. The molecule has 1 aliphatic heterocycles. The number of rotatable bonds is 7. The maximum Gasteiger partial charge on any atom is 0.312 e. The fourth-order valence-corrected chi connectivity index (χ4v) is 3.34. The molecule has 1 N–H and O–H groups in total.